The number of hydrogen-bond acceptors (Lipinski definition) is 3. The Kier molecular flexibility index (Phi) is 4.89. The Hall–Kier alpha value is -1.69. The molecule has 20 heavy (non-hydrogen) atoms. The summed E-state index contributed by atoms with van der Waals surface area (Å²) in [7, 11) is 0. The molecule has 0 saturated heterocycles. The molecule has 0 radical (unpaired) electrons. The first-order valence-electron chi connectivity index (χ1n) is 6.57. The summed E-state index contributed by atoms with van der Waals surface area (Å²) in [5, 5.41) is 9.61. The molecule has 1 aromatic carbocycles. The molecule has 2 rings (SSSR count). The number of carbonyl (C=O) groups is 1. The van der Waals surface area contributed by atoms with E-state index in [0.717, 1.165) is 28.7 Å². The van der Waals surface area contributed by atoms with Gasteiger partial charge in [0.05, 0.1) is 6.04 Å². The lowest BCUT2D eigenvalue weighted by atomic mass is 10.1. The zero-order valence-corrected chi connectivity index (χ0v) is 13.1. The van der Waals surface area contributed by atoms with Crippen LogP contribution in [0.25, 0.3) is 0 Å². The van der Waals surface area contributed by atoms with Crippen molar-refractivity contribution in [2.45, 2.75) is 32.7 Å². The minimum absolute atomic E-state index is 0.0938. The second-order valence-electron chi connectivity index (χ2n) is 4.60. The third kappa shape index (κ3) is 3.66. The quantitative estimate of drug-likeness (QED) is 0.881. The van der Waals surface area contributed by atoms with E-state index in [1.807, 2.05) is 31.2 Å². The highest BCUT2D eigenvalue weighted by atomic mass is 79.9. The lowest BCUT2D eigenvalue weighted by Gasteiger charge is -2.12. The highest BCUT2D eigenvalue weighted by Gasteiger charge is 2.15. The fourth-order valence-corrected chi connectivity index (χ4v) is 2.11. The standard InChI is InChI=1S/C14H17BrN4O/c1-3-4-12-17-13(19-18-12)14(20)16-9(2)10-5-7-11(15)8-6-10/h5-9H,3-4H2,1-2H3,(H,16,20)(H,17,18,19)/t9-/m0/s1. The van der Waals surface area contributed by atoms with Gasteiger partial charge in [-0.15, -0.1) is 5.10 Å². The van der Waals surface area contributed by atoms with Crippen LogP contribution in [0.15, 0.2) is 28.7 Å². The summed E-state index contributed by atoms with van der Waals surface area (Å²) in [5.74, 6) is 0.672. The number of benzene rings is 1. The van der Waals surface area contributed by atoms with Gasteiger partial charge in [0.25, 0.3) is 5.91 Å². The second kappa shape index (κ2) is 6.65. The maximum atomic E-state index is 12.0. The maximum absolute atomic E-state index is 12.0. The van der Waals surface area contributed by atoms with Crippen molar-refractivity contribution in [3.8, 4) is 0 Å². The molecular weight excluding hydrogens is 320 g/mol. The summed E-state index contributed by atoms with van der Waals surface area (Å²) >= 11 is 3.39. The molecule has 0 bridgehead atoms. The van der Waals surface area contributed by atoms with Crippen LogP contribution in [-0.4, -0.2) is 21.1 Å². The molecule has 6 heteroatoms. The second-order valence-corrected chi connectivity index (χ2v) is 5.52. The lowest BCUT2D eigenvalue weighted by Crippen LogP contribution is -2.27. The van der Waals surface area contributed by atoms with Crippen molar-refractivity contribution in [3.63, 3.8) is 0 Å². The van der Waals surface area contributed by atoms with Crippen LogP contribution < -0.4 is 5.32 Å². The summed E-state index contributed by atoms with van der Waals surface area (Å²) in [6, 6.07) is 7.74. The summed E-state index contributed by atoms with van der Waals surface area (Å²) in [6.07, 6.45) is 1.76. The van der Waals surface area contributed by atoms with Gasteiger partial charge >= 0.3 is 0 Å². The Morgan fingerprint density at radius 2 is 2.10 bits per heavy atom. The molecule has 0 aliphatic carbocycles. The molecule has 1 heterocycles. The van der Waals surface area contributed by atoms with Crippen LogP contribution in [-0.2, 0) is 6.42 Å². The first-order chi connectivity index (χ1) is 9.60. The average Bonchev–Trinajstić information content (AvgIpc) is 2.88. The molecular formula is C14H17BrN4O. The minimum Gasteiger partial charge on any atom is -0.343 e. The Bertz CT molecular complexity index is 579. The molecule has 0 saturated carbocycles. The van der Waals surface area contributed by atoms with E-state index in [4.69, 9.17) is 0 Å². The van der Waals surface area contributed by atoms with Crippen LogP contribution >= 0.6 is 15.9 Å². The van der Waals surface area contributed by atoms with Gasteiger partial charge in [0.2, 0.25) is 5.82 Å². The van der Waals surface area contributed by atoms with Gasteiger partial charge in [0.15, 0.2) is 0 Å². The monoisotopic (exact) mass is 336 g/mol. The largest absolute Gasteiger partial charge is 0.343 e. The zero-order valence-electron chi connectivity index (χ0n) is 11.5. The highest BCUT2D eigenvalue weighted by Crippen LogP contribution is 2.16. The van der Waals surface area contributed by atoms with Gasteiger partial charge in [0.1, 0.15) is 5.82 Å². The van der Waals surface area contributed by atoms with Crippen molar-refractivity contribution in [1.29, 1.82) is 0 Å². The van der Waals surface area contributed by atoms with E-state index in [9.17, 15) is 4.79 Å². The van der Waals surface area contributed by atoms with Gasteiger partial charge in [-0.05, 0) is 31.0 Å². The average molecular weight is 337 g/mol. The number of halogens is 1. The van der Waals surface area contributed by atoms with Gasteiger partial charge in [-0.25, -0.2) is 4.98 Å². The molecule has 0 fully saturated rings. The maximum Gasteiger partial charge on any atom is 0.291 e. The molecule has 0 spiro atoms. The van der Waals surface area contributed by atoms with Crippen LogP contribution in [0.4, 0.5) is 0 Å². The van der Waals surface area contributed by atoms with Crippen molar-refractivity contribution in [2.75, 3.05) is 0 Å². The van der Waals surface area contributed by atoms with Crippen molar-refractivity contribution in [2.24, 2.45) is 0 Å². The summed E-state index contributed by atoms with van der Waals surface area (Å²) in [5.41, 5.74) is 1.03. The fourth-order valence-electron chi connectivity index (χ4n) is 1.84. The van der Waals surface area contributed by atoms with E-state index < -0.39 is 0 Å². The fraction of sp³-hybridized carbons (Fsp3) is 0.357. The molecule has 106 valence electrons. The van der Waals surface area contributed by atoms with Crippen molar-refractivity contribution in [3.05, 3.63) is 46.0 Å². The topological polar surface area (TPSA) is 70.7 Å². The number of hydrogen-bond donors (Lipinski definition) is 2. The SMILES string of the molecule is CCCc1nc(C(=O)N[C@@H](C)c2ccc(Br)cc2)n[nH]1. The van der Waals surface area contributed by atoms with Crippen molar-refractivity contribution < 1.29 is 4.79 Å². The predicted octanol–water partition coefficient (Wildman–Crippen LogP) is 3.01. The smallest absolute Gasteiger partial charge is 0.291 e. The number of H-pyrrole nitrogens is 1. The van der Waals surface area contributed by atoms with Crippen molar-refractivity contribution in [1.82, 2.24) is 20.5 Å². The van der Waals surface area contributed by atoms with Crippen molar-refractivity contribution >= 4 is 21.8 Å². The van der Waals surface area contributed by atoms with Gasteiger partial charge in [-0.2, -0.15) is 0 Å². The summed E-state index contributed by atoms with van der Waals surface area (Å²) in [6.45, 7) is 3.98. The molecule has 1 atom stereocenters. The number of nitrogens with zero attached hydrogens (tertiary/aromatic N) is 2. The van der Waals surface area contributed by atoms with E-state index in [-0.39, 0.29) is 17.8 Å². The zero-order chi connectivity index (χ0) is 14.5. The third-order valence-corrected chi connectivity index (χ3v) is 3.47. The molecule has 1 aromatic heterocycles. The predicted molar refractivity (Wildman–Crippen MR) is 80.4 cm³/mol. The highest BCUT2D eigenvalue weighted by molar-refractivity contribution is 9.10. The van der Waals surface area contributed by atoms with Crippen LogP contribution in [0.5, 0.6) is 0 Å². The molecule has 2 aromatic rings. The van der Waals surface area contributed by atoms with Gasteiger partial charge < -0.3 is 5.32 Å². The minimum atomic E-state index is -0.265. The first kappa shape index (κ1) is 14.7. The molecule has 0 unspecified atom stereocenters. The van der Waals surface area contributed by atoms with Gasteiger partial charge in [-0.1, -0.05) is 35.0 Å². The Balaban J connectivity index is 2.01. The van der Waals surface area contributed by atoms with E-state index >= 15 is 0 Å². The van der Waals surface area contributed by atoms with Crippen LogP contribution in [0, 0.1) is 0 Å². The van der Waals surface area contributed by atoms with Gasteiger partial charge in [-0.3, -0.25) is 9.89 Å². The normalized spacial score (nSPS) is 12.2. The Labute approximate surface area is 126 Å². The first-order valence-corrected chi connectivity index (χ1v) is 7.37. The number of aryl methyl sites for hydroxylation is 1. The van der Waals surface area contributed by atoms with Gasteiger partial charge in [0, 0.05) is 10.9 Å². The lowest BCUT2D eigenvalue weighted by molar-refractivity contribution is 0.0929. The summed E-state index contributed by atoms with van der Waals surface area (Å²) < 4.78 is 1.01. The van der Waals surface area contributed by atoms with Crippen LogP contribution in [0.3, 0.4) is 0 Å². The third-order valence-electron chi connectivity index (χ3n) is 2.94. The molecule has 2 N–H and O–H groups in total. The van der Waals surface area contributed by atoms with E-state index in [0.29, 0.717) is 0 Å². The number of carbonyl (C=O) groups excluding carboxylic acids is 1. The summed E-state index contributed by atoms with van der Waals surface area (Å²) in [4.78, 5) is 16.2. The number of aromatic nitrogens is 3. The molecule has 0 aliphatic heterocycles. The number of nitrogens with one attached hydrogen (secondary N) is 2. The number of amides is 1. The molecule has 5 nitrogen and oxygen atoms in total. The Morgan fingerprint density at radius 3 is 2.75 bits per heavy atom. The van der Waals surface area contributed by atoms with E-state index in [2.05, 4.69) is 43.4 Å². The number of aromatic amines is 1. The van der Waals surface area contributed by atoms with E-state index in [1.54, 1.807) is 0 Å². The van der Waals surface area contributed by atoms with Crippen LogP contribution in [0.1, 0.15) is 48.3 Å². The van der Waals surface area contributed by atoms with E-state index in [1.165, 1.54) is 0 Å². The van der Waals surface area contributed by atoms with Crippen LogP contribution in [0.2, 0.25) is 0 Å². The number of rotatable bonds is 5. The Morgan fingerprint density at radius 1 is 1.40 bits per heavy atom. The molecule has 1 amide bonds. The molecule has 0 aliphatic rings.